The molecule has 1 aromatic rings. The van der Waals surface area contributed by atoms with E-state index in [1.807, 2.05) is 0 Å². The van der Waals surface area contributed by atoms with Gasteiger partial charge in [0.05, 0.1) is 11.3 Å². The fraction of sp³-hybridized carbons (Fsp3) is 0.556. The smallest absolute Gasteiger partial charge is 0.337 e. The molecule has 122 valence electrons. The van der Waals surface area contributed by atoms with E-state index in [1.54, 1.807) is 18.2 Å². The van der Waals surface area contributed by atoms with E-state index in [0.29, 0.717) is 17.5 Å². The molecule has 0 aromatic heterocycles. The van der Waals surface area contributed by atoms with Gasteiger partial charge < -0.3 is 15.7 Å². The van der Waals surface area contributed by atoms with Crippen LogP contribution in [-0.4, -0.2) is 23.1 Å². The van der Waals surface area contributed by atoms with Crippen molar-refractivity contribution in [1.29, 1.82) is 0 Å². The Labute approximate surface area is 135 Å². The van der Waals surface area contributed by atoms with Crippen LogP contribution in [0.3, 0.4) is 0 Å². The number of hydrogen-bond donors (Lipinski definition) is 3. The van der Waals surface area contributed by atoms with Gasteiger partial charge in [0, 0.05) is 6.04 Å². The van der Waals surface area contributed by atoms with E-state index in [1.165, 1.54) is 38.2 Å². The fourth-order valence-electron chi connectivity index (χ4n) is 5.25. The van der Waals surface area contributed by atoms with E-state index in [2.05, 4.69) is 10.6 Å². The van der Waals surface area contributed by atoms with Crippen molar-refractivity contribution >= 4 is 17.7 Å². The predicted molar refractivity (Wildman–Crippen MR) is 86.4 cm³/mol. The molecule has 4 saturated carbocycles. The van der Waals surface area contributed by atoms with Crippen molar-refractivity contribution in [1.82, 2.24) is 5.32 Å². The molecule has 23 heavy (non-hydrogen) atoms. The van der Waals surface area contributed by atoms with Crippen molar-refractivity contribution in [2.75, 3.05) is 5.32 Å². The van der Waals surface area contributed by atoms with E-state index in [9.17, 15) is 14.7 Å². The SMILES string of the molecule is O=C(Nc1ccccc1C(=O)O)NC1C2CC3CC(C2)CC1C3. The molecule has 4 aliphatic carbocycles. The second-order valence-corrected chi connectivity index (χ2v) is 7.41. The summed E-state index contributed by atoms with van der Waals surface area (Å²) in [7, 11) is 0. The largest absolute Gasteiger partial charge is 0.478 e. The molecule has 0 aliphatic heterocycles. The number of rotatable bonds is 3. The zero-order valence-electron chi connectivity index (χ0n) is 13.0. The lowest BCUT2D eigenvalue weighted by atomic mass is 9.54. The van der Waals surface area contributed by atoms with Crippen LogP contribution in [0.1, 0.15) is 42.5 Å². The van der Waals surface area contributed by atoms with Gasteiger partial charge in [-0.15, -0.1) is 0 Å². The summed E-state index contributed by atoms with van der Waals surface area (Å²) in [6, 6.07) is 6.48. The topological polar surface area (TPSA) is 78.4 Å². The first kappa shape index (κ1) is 14.5. The summed E-state index contributed by atoms with van der Waals surface area (Å²) in [5.41, 5.74) is 0.467. The second-order valence-electron chi connectivity index (χ2n) is 7.41. The molecule has 5 heteroatoms. The second kappa shape index (κ2) is 5.55. The number of anilines is 1. The van der Waals surface area contributed by atoms with E-state index in [4.69, 9.17) is 0 Å². The summed E-state index contributed by atoms with van der Waals surface area (Å²) in [6.07, 6.45) is 6.35. The normalized spacial score (nSPS) is 34.2. The van der Waals surface area contributed by atoms with Crippen LogP contribution in [0.25, 0.3) is 0 Å². The van der Waals surface area contributed by atoms with E-state index in [-0.39, 0.29) is 17.6 Å². The molecular formula is C18H22N2O3. The summed E-state index contributed by atoms with van der Waals surface area (Å²) in [6.45, 7) is 0. The molecule has 0 saturated heterocycles. The summed E-state index contributed by atoms with van der Waals surface area (Å²) < 4.78 is 0. The quantitative estimate of drug-likeness (QED) is 0.800. The predicted octanol–water partition coefficient (Wildman–Crippen LogP) is 3.33. The molecule has 2 amide bonds. The number of amides is 2. The Morgan fingerprint density at radius 1 is 0.957 bits per heavy atom. The number of carbonyl (C=O) groups excluding carboxylic acids is 1. The Morgan fingerprint density at radius 2 is 1.57 bits per heavy atom. The third kappa shape index (κ3) is 2.69. The van der Waals surface area contributed by atoms with Gasteiger partial charge in [-0.25, -0.2) is 9.59 Å². The van der Waals surface area contributed by atoms with E-state index in [0.717, 1.165) is 11.8 Å². The number of para-hydroxylation sites is 1. The molecule has 5 rings (SSSR count). The van der Waals surface area contributed by atoms with Crippen LogP contribution in [0.15, 0.2) is 24.3 Å². The molecule has 0 heterocycles. The Hall–Kier alpha value is -2.04. The minimum Gasteiger partial charge on any atom is -0.478 e. The third-order valence-electron chi connectivity index (χ3n) is 5.93. The minimum atomic E-state index is -1.03. The number of carbonyl (C=O) groups is 2. The number of urea groups is 1. The Bertz CT molecular complexity index is 615. The van der Waals surface area contributed by atoms with Gasteiger partial charge in [0.25, 0.3) is 0 Å². The van der Waals surface area contributed by atoms with Gasteiger partial charge in [-0.05, 0) is 67.9 Å². The van der Waals surface area contributed by atoms with Crippen molar-refractivity contribution in [3.63, 3.8) is 0 Å². The number of hydrogen-bond acceptors (Lipinski definition) is 2. The lowest BCUT2D eigenvalue weighted by Crippen LogP contribution is -2.56. The van der Waals surface area contributed by atoms with Crippen LogP contribution in [0, 0.1) is 23.7 Å². The molecule has 0 radical (unpaired) electrons. The number of aromatic carboxylic acids is 1. The molecule has 5 nitrogen and oxygen atoms in total. The van der Waals surface area contributed by atoms with E-state index < -0.39 is 5.97 Å². The molecule has 1 aromatic carbocycles. The van der Waals surface area contributed by atoms with Gasteiger partial charge in [0.2, 0.25) is 0 Å². The highest BCUT2D eigenvalue weighted by atomic mass is 16.4. The maximum absolute atomic E-state index is 12.4. The molecule has 0 atom stereocenters. The van der Waals surface area contributed by atoms with Crippen molar-refractivity contribution in [3.8, 4) is 0 Å². The first-order valence-corrected chi connectivity index (χ1v) is 8.50. The van der Waals surface area contributed by atoms with Crippen molar-refractivity contribution < 1.29 is 14.7 Å². The van der Waals surface area contributed by atoms with E-state index >= 15 is 0 Å². The lowest BCUT2D eigenvalue weighted by molar-refractivity contribution is -0.00883. The molecule has 0 spiro atoms. The van der Waals surface area contributed by atoms with Crippen LogP contribution >= 0.6 is 0 Å². The highest BCUT2D eigenvalue weighted by molar-refractivity contribution is 6.00. The molecule has 4 aliphatic rings. The van der Waals surface area contributed by atoms with Crippen LogP contribution in [-0.2, 0) is 0 Å². The van der Waals surface area contributed by atoms with Gasteiger partial charge in [0.1, 0.15) is 0 Å². The fourth-order valence-corrected chi connectivity index (χ4v) is 5.25. The number of nitrogens with one attached hydrogen (secondary N) is 2. The summed E-state index contributed by atoms with van der Waals surface area (Å²) in [5.74, 6) is 1.91. The highest BCUT2D eigenvalue weighted by Gasteiger charge is 2.48. The minimum absolute atomic E-state index is 0.118. The van der Waals surface area contributed by atoms with Gasteiger partial charge in [-0.1, -0.05) is 12.1 Å². The van der Waals surface area contributed by atoms with Crippen LogP contribution in [0.4, 0.5) is 10.5 Å². The zero-order chi connectivity index (χ0) is 16.0. The van der Waals surface area contributed by atoms with Crippen LogP contribution in [0.5, 0.6) is 0 Å². The van der Waals surface area contributed by atoms with Crippen LogP contribution < -0.4 is 10.6 Å². The van der Waals surface area contributed by atoms with Crippen molar-refractivity contribution in [2.24, 2.45) is 23.7 Å². The number of carboxylic acids is 1. The third-order valence-corrected chi connectivity index (χ3v) is 5.93. The van der Waals surface area contributed by atoms with Crippen molar-refractivity contribution in [2.45, 2.75) is 38.1 Å². The van der Waals surface area contributed by atoms with Gasteiger partial charge >= 0.3 is 12.0 Å². The highest BCUT2D eigenvalue weighted by Crippen LogP contribution is 2.53. The maximum atomic E-state index is 12.4. The molecular weight excluding hydrogens is 292 g/mol. The standard InChI is InChI=1S/C18H22N2O3/c21-17(22)14-3-1-2-4-15(14)19-18(23)20-16-12-6-10-5-11(8-12)9-13(16)7-10/h1-4,10-13,16H,5-9H2,(H,21,22)(H2,19,20,23). The van der Waals surface area contributed by atoms with Gasteiger partial charge in [-0.2, -0.15) is 0 Å². The Balaban J connectivity index is 1.44. The summed E-state index contributed by atoms with van der Waals surface area (Å²) >= 11 is 0. The average Bonchev–Trinajstić information content (AvgIpc) is 2.50. The van der Waals surface area contributed by atoms with Gasteiger partial charge in [0.15, 0.2) is 0 Å². The zero-order valence-corrected chi connectivity index (χ0v) is 13.0. The first-order chi connectivity index (χ1) is 11.1. The number of benzene rings is 1. The van der Waals surface area contributed by atoms with Crippen molar-refractivity contribution in [3.05, 3.63) is 29.8 Å². The molecule has 3 N–H and O–H groups in total. The molecule has 4 bridgehead atoms. The maximum Gasteiger partial charge on any atom is 0.337 e. The molecule has 0 unspecified atom stereocenters. The first-order valence-electron chi connectivity index (χ1n) is 8.50. The Morgan fingerprint density at radius 3 is 2.17 bits per heavy atom. The Kier molecular flexibility index (Phi) is 3.51. The van der Waals surface area contributed by atoms with Crippen LogP contribution in [0.2, 0.25) is 0 Å². The number of carboxylic acid groups (broad SMARTS) is 1. The monoisotopic (exact) mass is 314 g/mol. The lowest BCUT2D eigenvalue weighted by Gasteiger charge is -2.54. The summed E-state index contributed by atoms with van der Waals surface area (Å²) in [4.78, 5) is 23.6. The molecule has 4 fully saturated rings. The summed E-state index contributed by atoms with van der Waals surface area (Å²) in [5, 5.41) is 15.0. The van der Waals surface area contributed by atoms with Gasteiger partial charge in [-0.3, -0.25) is 0 Å². The average molecular weight is 314 g/mol.